The number of aromatic nitrogens is 2. The van der Waals surface area contributed by atoms with Crippen LogP contribution in [0.5, 0.6) is 0 Å². The normalized spacial score (nSPS) is 12.9. The van der Waals surface area contributed by atoms with Gasteiger partial charge in [-0.05, 0) is 25.5 Å². The lowest BCUT2D eigenvalue weighted by Gasteiger charge is -2.12. The molecule has 0 saturated carbocycles. The van der Waals surface area contributed by atoms with E-state index in [1.54, 1.807) is 0 Å². The SMILES string of the molecule is CCCCCCC(N)Cc1nc2ccccc2n1CC. The van der Waals surface area contributed by atoms with Crippen LogP contribution in [0.4, 0.5) is 0 Å². The summed E-state index contributed by atoms with van der Waals surface area (Å²) in [4.78, 5) is 4.75. The molecule has 2 rings (SSSR count). The molecule has 0 amide bonds. The standard InChI is InChI=1S/C17H27N3/c1-3-5-6-7-10-14(18)13-17-19-15-11-8-9-12-16(15)20(17)4-2/h8-9,11-12,14H,3-7,10,13,18H2,1-2H3. The summed E-state index contributed by atoms with van der Waals surface area (Å²) in [5.74, 6) is 1.14. The molecule has 20 heavy (non-hydrogen) atoms. The molecule has 0 radical (unpaired) electrons. The third-order valence-corrected chi connectivity index (χ3v) is 3.92. The van der Waals surface area contributed by atoms with E-state index in [1.165, 1.54) is 31.2 Å². The van der Waals surface area contributed by atoms with Crippen molar-refractivity contribution in [3.05, 3.63) is 30.1 Å². The summed E-state index contributed by atoms with van der Waals surface area (Å²) in [6.45, 7) is 5.37. The Balaban J connectivity index is 2.01. The van der Waals surface area contributed by atoms with E-state index in [0.29, 0.717) is 0 Å². The highest BCUT2D eigenvalue weighted by molar-refractivity contribution is 5.75. The maximum Gasteiger partial charge on any atom is 0.111 e. The van der Waals surface area contributed by atoms with Crippen LogP contribution in [-0.2, 0) is 13.0 Å². The number of imidazole rings is 1. The van der Waals surface area contributed by atoms with Gasteiger partial charge in [0.15, 0.2) is 0 Å². The van der Waals surface area contributed by atoms with E-state index in [-0.39, 0.29) is 6.04 Å². The molecular weight excluding hydrogens is 246 g/mol. The van der Waals surface area contributed by atoms with Crippen LogP contribution in [0, 0.1) is 0 Å². The van der Waals surface area contributed by atoms with Crippen molar-refractivity contribution < 1.29 is 0 Å². The Morgan fingerprint density at radius 2 is 1.95 bits per heavy atom. The molecule has 2 N–H and O–H groups in total. The van der Waals surface area contributed by atoms with Gasteiger partial charge in [0.25, 0.3) is 0 Å². The summed E-state index contributed by atoms with van der Waals surface area (Å²) in [6, 6.07) is 8.57. The van der Waals surface area contributed by atoms with Gasteiger partial charge < -0.3 is 10.3 Å². The molecule has 0 aliphatic rings. The number of aryl methyl sites for hydroxylation is 1. The first-order chi connectivity index (χ1) is 9.76. The van der Waals surface area contributed by atoms with Crippen molar-refractivity contribution in [3.8, 4) is 0 Å². The molecule has 3 nitrogen and oxygen atoms in total. The molecule has 3 heteroatoms. The topological polar surface area (TPSA) is 43.8 Å². The number of unbranched alkanes of at least 4 members (excludes halogenated alkanes) is 3. The number of hydrogen-bond donors (Lipinski definition) is 1. The largest absolute Gasteiger partial charge is 0.328 e. The van der Waals surface area contributed by atoms with Crippen LogP contribution < -0.4 is 5.73 Å². The molecule has 1 aromatic carbocycles. The lowest BCUT2D eigenvalue weighted by Crippen LogP contribution is -2.24. The van der Waals surface area contributed by atoms with Crippen molar-refractivity contribution in [3.63, 3.8) is 0 Å². The van der Waals surface area contributed by atoms with E-state index in [9.17, 15) is 0 Å². The fraction of sp³-hybridized carbons (Fsp3) is 0.588. The first kappa shape index (κ1) is 15.0. The average molecular weight is 273 g/mol. The van der Waals surface area contributed by atoms with Gasteiger partial charge in [0.05, 0.1) is 11.0 Å². The molecule has 0 aliphatic heterocycles. The number of nitrogens with two attached hydrogens (primary N) is 1. The van der Waals surface area contributed by atoms with Crippen molar-refractivity contribution in [2.75, 3.05) is 0 Å². The summed E-state index contributed by atoms with van der Waals surface area (Å²) in [5.41, 5.74) is 8.59. The molecule has 0 spiro atoms. The minimum absolute atomic E-state index is 0.231. The molecule has 0 bridgehead atoms. The summed E-state index contributed by atoms with van der Waals surface area (Å²) in [7, 11) is 0. The summed E-state index contributed by atoms with van der Waals surface area (Å²) in [6.07, 6.45) is 7.12. The van der Waals surface area contributed by atoms with Gasteiger partial charge in [-0.1, -0.05) is 44.7 Å². The highest BCUT2D eigenvalue weighted by Crippen LogP contribution is 2.17. The molecule has 0 aliphatic carbocycles. The molecular formula is C17H27N3. The van der Waals surface area contributed by atoms with E-state index in [1.807, 2.05) is 6.07 Å². The average Bonchev–Trinajstić information content (AvgIpc) is 2.80. The monoisotopic (exact) mass is 273 g/mol. The lowest BCUT2D eigenvalue weighted by atomic mass is 10.1. The fourth-order valence-corrected chi connectivity index (χ4v) is 2.80. The van der Waals surface area contributed by atoms with Gasteiger partial charge >= 0.3 is 0 Å². The maximum absolute atomic E-state index is 6.28. The second kappa shape index (κ2) is 7.44. The van der Waals surface area contributed by atoms with Crippen LogP contribution >= 0.6 is 0 Å². The van der Waals surface area contributed by atoms with Gasteiger partial charge in [0.2, 0.25) is 0 Å². The molecule has 0 saturated heterocycles. The van der Waals surface area contributed by atoms with Crippen LogP contribution in [-0.4, -0.2) is 15.6 Å². The number of fused-ring (bicyclic) bond motifs is 1. The smallest absolute Gasteiger partial charge is 0.111 e. The van der Waals surface area contributed by atoms with Crippen molar-refractivity contribution in [1.82, 2.24) is 9.55 Å². The zero-order chi connectivity index (χ0) is 14.4. The number of para-hydroxylation sites is 2. The van der Waals surface area contributed by atoms with Gasteiger partial charge in [-0.2, -0.15) is 0 Å². The number of rotatable bonds is 8. The highest BCUT2D eigenvalue weighted by atomic mass is 15.1. The van der Waals surface area contributed by atoms with Gasteiger partial charge in [-0.25, -0.2) is 4.98 Å². The minimum atomic E-state index is 0.231. The maximum atomic E-state index is 6.28. The van der Waals surface area contributed by atoms with E-state index in [4.69, 9.17) is 10.7 Å². The molecule has 0 fully saturated rings. The Bertz CT molecular complexity index is 530. The quantitative estimate of drug-likeness (QED) is 0.741. The van der Waals surface area contributed by atoms with Crippen molar-refractivity contribution in [2.45, 2.75) is 65.0 Å². The Morgan fingerprint density at radius 3 is 2.70 bits per heavy atom. The van der Waals surface area contributed by atoms with Gasteiger partial charge in [-0.3, -0.25) is 0 Å². The molecule has 2 aromatic rings. The highest BCUT2D eigenvalue weighted by Gasteiger charge is 2.12. The van der Waals surface area contributed by atoms with Crippen LogP contribution in [0.3, 0.4) is 0 Å². The van der Waals surface area contributed by atoms with Crippen molar-refractivity contribution >= 4 is 11.0 Å². The summed E-state index contributed by atoms with van der Waals surface area (Å²) >= 11 is 0. The molecule has 110 valence electrons. The van der Waals surface area contributed by atoms with E-state index in [0.717, 1.165) is 30.7 Å². The molecule has 1 atom stereocenters. The zero-order valence-corrected chi connectivity index (χ0v) is 12.8. The van der Waals surface area contributed by atoms with E-state index >= 15 is 0 Å². The summed E-state index contributed by atoms with van der Waals surface area (Å²) in [5, 5.41) is 0. The van der Waals surface area contributed by atoms with Crippen molar-refractivity contribution in [2.24, 2.45) is 5.73 Å². The molecule has 1 aromatic heterocycles. The van der Waals surface area contributed by atoms with Gasteiger partial charge in [0, 0.05) is 19.0 Å². The first-order valence-electron chi connectivity index (χ1n) is 7.96. The van der Waals surface area contributed by atoms with E-state index in [2.05, 4.69) is 36.6 Å². The lowest BCUT2D eigenvalue weighted by molar-refractivity contribution is 0.528. The first-order valence-corrected chi connectivity index (χ1v) is 7.96. The van der Waals surface area contributed by atoms with Gasteiger partial charge in [-0.15, -0.1) is 0 Å². The Kier molecular flexibility index (Phi) is 5.60. The second-order valence-electron chi connectivity index (χ2n) is 5.57. The van der Waals surface area contributed by atoms with Crippen LogP contribution in [0.1, 0.15) is 51.8 Å². The van der Waals surface area contributed by atoms with Gasteiger partial charge in [0.1, 0.15) is 5.82 Å². The Labute approximate surface area is 122 Å². The van der Waals surface area contributed by atoms with Crippen LogP contribution in [0.15, 0.2) is 24.3 Å². The Morgan fingerprint density at radius 1 is 1.15 bits per heavy atom. The minimum Gasteiger partial charge on any atom is -0.328 e. The Hall–Kier alpha value is -1.35. The van der Waals surface area contributed by atoms with Crippen LogP contribution in [0.25, 0.3) is 11.0 Å². The molecule has 1 heterocycles. The number of nitrogens with zero attached hydrogens (tertiary/aromatic N) is 2. The molecule has 1 unspecified atom stereocenters. The predicted molar refractivity (Wildman–Crippen MR) is 85.8 cm³/mol. The third-order valence-electron chi connectivity index (χ3n) is 3.92. The van der Waals surface area contributed by atoms with Crippen molar-refractivity contribution in [1.29, 1.82) is 0 Å². The second-order valence-corrected chi connectivity index (χ2v) is 5.57. The number of hydrogen-bond acceptors (Lipinski definition) is 2. The zero-order valence-electron chi connectivity index (χ0n) is 12.8. The summed E-state index contributed by atoms with van der Waals surface area (Å²) < 4.78 is 2.29. The van der Waals surface area contributed by atoms with E-state index < -0.39 is 0 Å². The van der Waals surface area contributed by atoms with Crippen LogP contribution in [0.2, 0.25) is 0 Å². The third kappa shape index (κ3) is 3.60. The predicted octanol–water partition coefficient (Wildman–Crippen LogP) is 3.90. The number of benzene rings is 1. The fourth-order valence-electron chi connectivity index (χ4n) is 2.80.